The molecular formula is C25H31ClN6O3. The number of nitrogens with one attached hydrogen (secondary N) is 2. The van der Waals surface area contributed by atoms with E-state index in [9.17, 15) is 5.11 Å². The first-order valence-corrected chi connectivity index (χ1v) is 11.8. The van der Waals surface area contributed by atoms with Crippen molar-refractivity contribution in [3.8, 4) is 17.0 Å². The van der Waals surface area contributed by atoms with Gasteiger partial charge in [0, 0.05) is 68.9 Å². The molecule has 1 unspecified atom stereocenters. The van der Waals surface area contributed by atoms with Gasteiger partial charge in [-0.05, 0) is 24.6 Å². The molecule has 10 heteroatoms. The summed E-state index contributed by atoms with van der Waals surface area (Å²) >= 11 is 6.61. The highest BCUT2D eigenvalue weighted by Gasteiger charge is 2.35. The van der Waals surface area contributed by atoms with Gasteiger partial charge in [-0.3, -0.25) is 0 Å². The first-order chi connectivity index (χ1) is 16.9. The van der Waals surface area contributed by atoms with Crippen LogP contribution in [-0.2, 0) is 10.2 Å². The maximum Gasteiger partial charge on any atom is 0.227 e. The number of benzene rings is 1. The van der Waals surface area contributed by atoms with Crippen molar-refractivity contribution in [1.82, 2.24) is 15.0 Å². The Morgan fingerprint density at radius 3 is 2.83 bits per heavy atom. The monoisotopic (exact) mass is 498 g/mol. The summed E-state index contributed by atoms with van der Waals surface area (Å²) in [6.07, 6.45) is 4.34. The van der Waals surface area contributed by atoms with Gasteiger partial charge in [-0.15, -0.1) is 0 Å². The topological polar surface area (TPSA) is 105 Å². The summed E-state index contributed by atoms with van der Waals surface area (Å²) in [6.45, 7) is 4.17. The van der Waals surface area contributed by atoms with Gasteiger partial charge in [-0.1, -0.05) is 18.5 Å². The second-order valence-electron chi connectivity index (χ2n) is 8.85. The highest BCUT2D eigenvalue weighted by Crippen LogP contribution is 2.39. The molecule has 0 saturated carbocycles. The Balaban J connectivity index is 1.59. The van der Waals surface area contributed by atoms with E-state index in [1.165, 1.54) is 0 Å². The maximum atomic E-state index is 9.89. The molecule has 0 aliphatic carbocycles. The number of ether oxygens (including phenoxy) is 2. The highest BCUT2D eigenvalue weighted by molar-refractivity contribution is 6.33. The lowest BCUT2D eigenvalue weighted by atomic mass is 9.85. The number of halogens is 1. The number of nitrogens with zero attached hydrogens (tertiary/aromatic N) is 4. The molecule has 3 N–H and O–H groups in total. The molecule has 1 atom stereocenters. The molecule has 9 nitrogen and oxygen atoms in total. The minimum atomic E-state index is -0.380. The predicted octanol–water partition coefficient (Wildman–Crippen LogP) is 4.09. The third-order valence-corrected chi connectivity index (χ3v) is 6.56. The van der Waals surface area contributed by atoms with Crippen molar-refractivity contribution in [3.63, 3.8) is 0 Å². The summed E-state index contributed by atoms with van der Waals surface area (Å²) in [5.74, 6) is 1.83. The van der Waals surface area contributed by atoms with Crippen LogP contribution >= 0.6 is 11.6 Å². The van der Waals surface area contributed by atoms with E-state index < -0.39 is 0 Å². The van der Waals surface area contributed by atoms with Gasteiger partial charge in [0.1, 0.15) is 11.6 Å². The van der Waals surface area contributed by atoms with Gasteiger partial charge in [0.25, 0.3) is 0 Å². The molecular weight excluding hydrogens is 468 g/mol. The summed E-state index contributed by atoms with van der Waals surface area (Å²) in [5, 5.41) is 17.0. The smallest absolute Gasteiger partial charge is 0.227 e. The molecule has 1 aliphatic heterocycles. The van der Waals surface area contributed by atoms with E-state index in [0.29, 0.717) is 41.3 Å². The van der Waals surface area contributed by atoms with Crippen molar-refractivity contribution in [2.24, 2.45) is 0 Å². The van der Waals surface area contributed by atoms with Crippen LogP contribution in [0.3, 0.4) is 0 Å². The average molecular weight is 499 g/mol. The van der Waals surface area contributed by atoms with Gasteiger partial charge in [0.2, 0.25) is 5.95 Å². The molecule has 3 aromatic rings. The largest absolute Gasteiger partial charge is 0.494 e. The van der Waals surface area contributed by atoms with Crippen molar-refractivity contribution >= 4 is 34.7 Å². The second kappa shape index (κ2) is 10.6. The van der Waals surface area contributed by atoms with Crippen molar-refractivity contribution in [3.05, 3.63) is 47.2 Å². The van der Waals surface area contributed by atoms with E-state index in [-0.39, 0.29) is 12.0 Å². The minimum Gasteiger partial charge on any atom is -0.494 e. The Bertz CT molecular complexity index is 1190. The van der Waals surface area contributed by atoms with Gasteiger partial charge in [-0.25, -0.2) is 15.0 Å². The van der Waals surface area contributed by atoms with Crippen LogP contribution in [0.15, 0.2) is 36.7 Å². The SMILES string of the molecule is COCCCN(C)c1cc(OC)c(Nc2nccc(-c3cnc4c(c3)C(C)(CO)CN4)n2)cc1Cl. The number of hydrogen-bond donors (Lipinski definition) is 3. The van der Waals surface area contributed by atoms with Crippen molar-refractivity contribution in [2.75, 3.05) is 63.1 Å². The van der Waals surface area contributed by atoms with Crippen LogP contribution in [0, 0.1) is 0 Å². The Kier molecular flexibility index (Phi) is 7.59. The number of methoxy groups -OCH3 is 2. The summed E-state index contributed by atoms with van der Waals surface area (Å²) in [5.41, 5.74) is 3.68. The van der Waals surface area contributed by atoms with Crippen LogP contribution in [-0.4, -0.2) is 67.6 Å². The molecule has 0 spiro atoms. The van der Waals surface area contributed by atoms with Crippen molar-refractivity contribution in [1.29, 1.82) is 0 Å². The zero-order chi connectivity index (χ0) is 25.0. The summed E-state index contributed by atoms with van der Waals surface area (Å²) in [7, 11) is 5.29. The van der Waals surface area contributed by atoms with E-state index in [1.807, 2.05) is 38.2 Å². The molecule has 0 bridgehead atoms. The van der Waals surface area contributed by atoms with Gasteiger partial charge < -0.3 is 30.1 Å². The Hall–Kier alpha value is -3.14. The van der Waals surface area contributed by atoms with Crippen LogP contribution in [0.25, 0.3) is 11.3 Å². The minimum absolute atomic E-state index is 0.0346. The summed E-state index contributed by atoms with van der Waals surface area (Å²) in [6, 6.07) is 7.56. The molecule has 0 fully saturated rings. The third kappa shape index (κ3) is 5.27. The molecule has 4 rings (SSSR count). The average Bonchev–Trinajstić information content (AvgIpc) is 3.21. The van der Waals surface area contributed by atoms with Gasteiger partial charge in [-0.2, -0.15) is 0 Å². The fourth-order valence-corrected chi connectivity index (χ4v) is 4.40. The number of aromatic nitrogens is 3. The lowest BCUT2D eigenvalue weighted by Crippen LogP contribution is -2.28. The van der Waals surface area contributed by atoms with Gasteiger partial charge >= 0.3 is 0 Å². The van der Waals surface area contributed by atoms with Crippen LogP contribution in [0.5, 0.6) is 5.75 Å². The number of rotatable bonds is 10. The number of pyridine rings is 1. The molecule has 0 radical (unpaired) electrons. The Morgan fingerprint density at radius 2 is 2.09 bits per heavy atom. The van der Waals surface area contributed by atoms with Gasteiger partial charge in [0.05, 0.1) is 35.8 Å². The van der Waals surface area contributed by atoms with Crippen LogP contribution in [0.1, 0.15) is 18.9 Å². The standard InChI is InChI=1S/C25H31ClN6O3/c1-25(15-33)14-29-23-17(25)10-16(13-28-23)19-6-7-27-24(30-19)31-20-11-18(26)21(12-22(20)35-4)32(2)8-5-9-34-3/h6-7,10-13,33H,5,8-9,14-15H2,1-4H3,(H,28,29)(H,27,30,31). The fraction of sp³-hybridized carbons (Fsp3) is 0.400. The molecule has 2 aromatic heterocycles. The van der Waals surface area contributed by atoms with Gasteiger partial charge in [0.15, 0.2) is 0 Å². The fourth-order valence-electron chi connectivity index (χ4n) is 4.09. The number of fused-ring (bicyclic) bond motifs is 1. The van der Waals surface area contributed by atoms with E-state index in [2.05, 4.69) is 30.5 Å². The molecule has 0 amide bonds. The Labute approximate surface area is 210 Å². The molecule has 1 aromatic carbocycles. The van der Waals surface area contributed by atoms with Crippen molar-refractivity contribution in [2.45, 2.75) is 18.8 Å². The normalized spacial score (nSPS) is 16.5. The van der Waals surface area contributed by atoms with Crippen LogP contribution < -0.4 is 20.3 Å². The number of hydrogen-bond acceptors (Lipinski definition) is 9. The molecule has 3 heterocycles. The first-order valence-electron chi connectivity index (χ1n) is 11.4. The molecule has 186 valence electrons. The third-order valence-electron chi connectivity index (χ3n) is 6.25. The second-order valence-corrected chi connectivity index (χ2v) is 9.26. The quantitative estimate of drug-likeness (QED) is 0.356. The predicted molar refractivity (Wildman–Crippen MR) is 139 cm³/mol. The number of anilines is 4. The highest BCUT2D eigenvalue weighted by atomic mass is 35.5. The summed E-state index contributed by atoms with van der Waals surface area (Å²) < 4.78 is 10.8. The maximum absolute atomic E-state index is 9.89. The zero-order valence-corrected chi connectivity index (χ0v) is 21.2. The zero-order valence-electron chi connectivity index (χ0n) is 20.4. The van der Waals surface area contributed by atoms with E-state index >= 15 is 0 Å². The lowest BCUT2D eigenvalue weighted by Gasteiger charge is -2.22. The molecule has 1 aliphatic rings. The molecule has 0 saturated heterocycles. The lowest BCUT2D eigenvalue weighted by molar-refractivity contribution is 0.196. The van der Waals surface area contributed by atoms with Crippen molar-refractivity contribution < 1.29 is 14.6 Å². The molecule has 35 heavy (non-hydrogen) atoms. The van der Waals surface area contributed by atoms with Crippen LogP contribution in [0.4, 0.5) is 23.1 Å². The van der Waals surface area contributed by atoms with E-state index in [1.54, 1.807) is 26.6 Å². The number of aliphatic hydroxyl groups is 1. The van der Waals surface area contributed by atoms with E-state index in [4.69, 9.17) is 21.1 Å². The first kappa shape index (κ1) is 25.0. The number of aliphatic hydroxyl groups excluding tert-OH is 1. The van der Waals surface area contributed by atoms with E-state index in [0.717, 1.165) is 35.6 Å². The Morgan fingerprint density at radius 1 is 1.26 bits per heavy atom. The van der Waals surface area contributed by atoms with Crippen LogP contribution in [0.2, 0.25) is 5.02 Å². The summed E-state index contributed by atoms with van der Waals surface area (Å²) in [4.78, 5) is 15.7.